The molecule has 0 saturated carbocycles. The number of likely N-dealkylation sites (tertiary alicyclic amines) is 1. The molecule has 4 rings (SSSR count). The molecule has 2 amide bonds. The number of rotatable bonds is 5. The summed E-state index contributed by atoms with van der Waals surface area (Å²) < 4.78 is 1.53. The van der Waals surface area contributed by atoms with Crippen molar-refractivity contribution in [2.24, 2.45) is 0 Å². The SMILES string of the molecule is O=C(NCC(c1ccccc1)N1CCCC1)C(=O)Nc1cnn2cccnc12. The Morgan fingerprint density at radius 2 is 1.86 bits per heavy atom. The standard InChI is InChI=1S/C20H22N6O2/c27-19(20(28)24-16-13-23-26-12-6-9-21-18(16)26)22-14-17(25-10-4-5-11-25)15-7-2-1-3-8-15/h1-3,6-9,12-13,17H,4-5,10-11,14H2,(H,22,27)(H,24,28). The number of anilines is 1. The smallest absolute Gasteiger partial charge is 0.313 e. The van der Waals surface area contributed by atoms with Crippen molar-refractivity contribution in [2.45, 2.75) is 18.9 Å². The van der Waals surface area contributed by atoms with E-state index in [1.165, 1.54) is 10.7 Å². The van der Waals surface area contributed by atoms with Crippen molar-refractivity contribution >= 4 is 23.1 Å². The van der Waals surface area contributed by atoms with Crippen molar-refractivity contribution in [1.82, 2.24) is 24.8 Å². The van der Waals surface area contributed by atoms with Gasteiger partial charge in [0.25, 0.3) is 0 Å². The number of nitrogens with one attached hydrogen (secondary N) is 2. The summed E-state index contributed by atoms with van der Waals surface area (Å²) in [6.07, 6.45) is 7.11. The minimum Gasteiger partial charge on any atom is -0.346 e. The molecule has 0 aliphatic carbocycles. The number of aromatic nitrogens is 3. The number of amides is 2. The van der Waals surface area contributed by atoms with Crippen molar-refractivity contribution in [1.29, 1.82) is 0 Å². The van der Waals surface area contributed by atoms with Crippen LogP contribution in [0.15, 0.2) is 55.0 Å². The van der Waals surface area contributed by atoms with Gasteiger partial charge in [0.15, 0.2) is 5.65 Å². The summed E-state index contributed by atoms with van der Waals surface area (Å²) >= 11 is 0. The van der Waals surface area contributed by atoms with Gasteiger partial charge in [-0.15, -0.1) is 0 Å². The summed E-state index contributed by atoms with van der Waals surface area (Å²) in [7, 11) is 0. The molecular formula is C20H22N6O2. The van der Waals surface area contributed by atoms with Gasteiger partial charge >= 0.3 is 11.8 Å². The van der Waals surface area contributed by atoms with Crippen molar-refractivity contribution in [3.05, 3.63) is 60.6 Å². The lowest BCUT2D eigenvalue weighted by molar-refractivity contribution is -0.136. The van der Waals surface area contributed by atoms with E-state index in [0.717, 1.165) is 31.5 Å². The van der Waals surface area contributed by atoms with E-state index in [9.17, 15) is 9.59 Å². The van der Waals surface area contributed by atoms with Gasteiger partial charge in [-0.2, -0.15) is 5.10 Å². The number of benzene rings is 1. The number of fused-ring (bicyclic) bond motifs is 1. The maximum Gasteiger partial charge on any atom is 0.313 e. The van der Waals surface area contributed by atoms with Crippen molar-refractivity contribution < 1.29 is 9.59 Å². The van der Waals surface area contributed by atoms with Gasteiger partial charge in [0.05, 0.1) is 12.2 Å². The van der Waals surface area contributed by atoms with Crippen LogP contribution in [-0.2, 0) is 9.59 Å². The Balaban J connectivity index is 1.41. The number of hydrogen-bond donors (Lipinski definition) is 2. The van der Waals surface area contributed by atoms with Crippen molar-refractivity contribution in [2.75, 3.05) is 25.0 Å². The predicted octanol–water partition coefficient (Wildman–Crippen LogP) is 1.62. The van der Waals surface area contributed by atoms with Crippen LogP contribution < -0.4 is 10.6 Å². The molecule has 0 bridgehead atoms. The first-order chi connectivity index (χ1) is 13.7. The Labute approximate surface area is 162 Å². The molecule has 3 aromatic rings. The summed E-state index contributed by atoms with van der Waals surface area (Å²) in [5, 5.41) is 9.46. The lowest BCUT2D eigenvalue weighted by Gasteiger charge is -2.28. The van der Waals surface area contributed by atoms with E-state index in [2.05, 4.69) is 37.7 Å². The van der Waals surface area contributed by atoms with Crippen LogP contribution in [0.4, 0.5) is 5.69 Å². The van der Waals surface area contributed by atoms with Crippen LogP contribution >= 0.6 is 0 Å². The molecule has 2 aromatic heterocycles. The van der Waals surface area contributed by atoms with E-state index in [1.807, 2.05) is 18.2 Å². The van der Waals surface area contributed by atoms with Crippen molar-refractivity contribution in [3.63, 3.8) is 0 Å². The molecular weight excluding hydrogens is 356 g/mol. The zero-order chi connectivity index (χ0) is 19.3. The van der Waals surface area contributed by atoms with Gasteiger partial charge in [-0.25, -0.2) is 9.50 Å². The maximum atomic E-state index is 12.4. The van der Waals surface area contributed by atoms with Crippen LogP contribution in [0.1, 0.15) is 24.4 Å². The maximum absolute atomic E-state index is 12.4. The van der Waals surface area contributed by atoms with Gasteiger partial charge in [-0.1, -0.05) is 30.3 Å². The number of carbonyl (C=O) groups excluding carboxylic acids is 2. The van der Waals surface area contributed by atoms with E-state index in [1.54, 1.807) is 18.5 Å². The molecule has 2 N–H and O–H groups in total. The normalized spacial score (nSPS) is 15.4. The summed E-state index contributed by atoms with van der Waals surface area (Å²) in [6.45, 7) is 2.37. The molecule has 8 heteroatoms. The quantitative estimate of drug-likeness (QED) is 0.659. The number of hydrogen-bond acceptors (Lipinski definition) is 5. The van der Waals surface area contributed by atoms with E-state index in [4.69, 9.17) is 0 Å². The van der Waals surface area contributed by atoms with Crippen LogP contribution in [-0.4, -0.2) is 50.9 Å². The van der Waals surface area contributed by atoms with Crippen LogP contribution in [0, 0.1) is 0 Å². The molecule has 1 aliphatic rings. The summed E-state index contributed by atoms with van der Waals surface area (Å²) in [4.78, 5) is 31.2. The third-order valence-corrected chi connectivity index (χ3v) is 4.96. The molecule has 1 saturated heterocycles. The third kappa shape index (κ3) is 3.86. The highest BCUT2D eigenvalue weighted by molar-refractivity contribution is 6.40. The first kappa shape index (κ1) is 18.1. The molecule has 1 atom stereocenters. The summed E-state index contributed by atoms with van der Waals surface area (Å²) in [6, 6.07) is 11.9. The average Bonchev–Trinajstić information content (AvgIpc) is 3.40. The lowest BCUT2D eigenvalue weighted by atomic mass is 10.1. The Morgan fingerprint density at radius 1 is 1.07 bits per heavy atom. The fourth-order valence-corrected chi connectivity index (χ4v) is 3.55. The van der Waals surface area contributed by atoms with Crippen LogP contribution in [0.25, 0.3) is 5.65 Å². The molecule has 0 spiro atoms. The second-order valence-electron chi connectivity index (χ2n) is 6.78. The Kier molecular flexibility index (Phi) is 5.29. The molecule has 0 radical (unpaired) electrons. The van der Waals surface area contributed by atoms with Crippen LogP contribution in [0.3, 0.4) is 0 Å². The molecule has 1 aliphatic heterocycles. The second-order valence-corrected chi connectivity index (χ2v) is 6.78. The summed E-state index contributed by atoms with van der Waals surface area (Å²) in [5.41, 5.74) is 2.03. The third-order valence-electron chi connectivity index (χ3n) is 4.96. The number of nitrogens with zero attached hydrogens (tertiary/aromatic N) is 4. The molecule has 28 heavy (non-hydrogen) atoms. The molecule has 1 fully saturated rings. The van der Waals surface area contributed by atoms with E-state index >= 15 is 0 Å². The van der Waals surface area contributed by atoms with Gasteiger partial charge in [0, 0.05) is 18.9 Å². The predicted molar refractivity (Wildman–Crippen MR) is 105 cm³/mol. The first-order valence-corrected chi connectivity index (χ1v) is 9.39. The van der Waals surface area contributed by atoms with Crippen LogP contribution in [0.2, 0.25) is 0 Å². The average molecular weight is 378 g/mol. The minimum absolute atomic E-state index is 0.0547. The van der Waals surface area contributed by atoms with Gasteiger partial charge < -0.3 is 10.6 Å². The highest BCUT2D eigenvalue weighted by atomic mass is 16.2. The number of carbonyl (C=O) groups is 2. The molecule has 1 unspecified atom stereocenters. The first-order valence-electron chi connectivity index (χ1n) is 9.39. The zero-order valence-electron chi connectivity index (χ0n) is 15.4. The largest absolute Gasteiger partial charge is 0.346 e. The topological polar surface area (TPSA) is 91.6 Å². The van der Waals surface area contributed by atoms with Crippen molar-refractivity contribution in [3.8, 4) is 0 Å². The van der Waals surface area contributed by atoms with E-state index in [0.29, 0.717) is 17.9 Å². The Bertz CT molecular complexity index is 965. The summed E-state index contributed by atoms with van der Waals surface area (Å²) in [5.74, 6) is -1.40. The fourth-order valence-electron chi connectivity index (χ4n) is 3.55. The molecule has 3 heterocycles. The van der Waals surface area contributed by atoms with Gasteiger partial charge in [0.1, 0.15) is 5.69 Å². The molecule has 144 valence electrons. The van der Waals surface area contributed by atoms with Gasteiger partial charge in [0.2, 0.25) is 0 Å². The molecule has 1 aromatic carbocycles. The highest BCUT2D eigenvalue weighted by Gasteiger charge is 2.25. The van der Waals surface area contributed by atoms with E-state index in [-0.39, 0.29) is 6.04 Å². The zero-order valence-corrected chi connectivity index (χ0v) is 15.4. The molecule has 8 nitrogen and oxygen atoms in total. The van der Waals surface area contributed by atoms with Gasteiger partial charge in [-0.3, -0.25) is 14.5 Å². The monoisotopic (exact) mass is 378 g/mol. The minimum atomic E-state index is -0.728. The fraction of sp³-hybridized carbons (Fsp3) is 0.300. The van der Waals surface area contributed by atoms with Gasteiger partial charge in [-0.05, 0) is 37.6 Å². The van der Waals surface area contributed by atoms with E-state index < -0.39 is 11.8 Å². The highest BCUT2D eigenvalue weighted by Crippen LogP contribution is 2.24. The Hall–Kier alpha value is -3.26. The lowest BCUT2D eigenvalue weighted by Crippen LogP contribution is -2.41. The second kappa shape index (κ2) is 8.18. The Morgan fingerprint density at radius 3 is 2.64 bits per heavy atom. The van der Waals surface area contributed by atoms with Crippen LogP contribution in [0.5, 0.6) is 0 Å².